The quantitative estimate of drug-likeness (QED) is 0.773. The van der Waals surface area contributed by atoms with Gasteiger partial charge in [0.15, 0.2) is 5.78 Å². The third-order valence-corrected chi connectivity index (χ3v) is 3.00. The number of hydrogen-bond donors (Lipinski definition) is 0. The fraction of sp³-hybridized carbons (Fsp3) is 0.333. The molecule has 1 aromatic carbocycles. The van der Waals surface area contributed by atoms with Crippen LogP contribution in [0, 0.1) is 13.8 Å². The molecule has 0 amide bonds. The van der Waals surface area contributed by atoms with Crippen molar-refractivity contribution in [2.75, 3.05) is 0 Å². The van der Waals surface area contributed by atoms with Crippen LogP contribution in [0.15, 0.2) is 30.3 Å². The highest BCUT2D eigenvalue weighted by atomic mass is 16.1. The van der Waals surface area contributed by atoms with Crippen LogP contribution in [0.2, 0.25) is 0 Å². The van der Waals surface area contributed by atoms with Crippen molar-refractivity contribution >= 4 is 5.78 Å². The SMILES string of the molecule is CCn1nc(C)cc1CC(=O)c1ccc(C)cc1. The maximum Gasteiger partial charge on any atom is 0.168 e. The van der Waals surface area contributed by atoms with E-state index in [1.807, 2.05) is 55.8 Å². The topological polar surface area (TPSA) is 34.9 Å². The Bertz CT molecular complexity index is 552. The van der Waals surface area contributed by atoms with Gasteiger partial charge >= 0.3 is 0 Å². The summed E-state index contributed by atoms with van der Waals surface area (Å²) in [6.07, 6.45) is 0.414. The number of nitrogens with zero attached hydrogens (tertiary/aromatic N) is 2. The van der Waals surface area contributed by atoms with Gasteiger partial charge in [0, 0.05) is 17.8 Å². The minimum atomic E-state index is 0.143. The Balaban J connectivity index is 2.18. The van der Waals surface area contributed by atoms with Crippen molar-refractivity contribution in [1.29, 1.82) is 0 Å². The third kappa shape index (κ3) is 2.67. The highest BCUT2D eigenvalue weighted by Gasteiger charge is 2.11. The molecule has 0 fully saturated rings. The lowest BCUT2D eigenvalue weighted by Gasteiger charge is -2.04. The number of aromatic nitrogens is 2. The Morgan fingerprint density at radius 1 is 1.22 bits per heavy atom. The molecule has 2 rings (SSSR count). The van der Waals surface area contributed by atoms with Crippen LogP contribution in [0.25, 0.3) is 0 Å². The molecule has 0 saturated carbocycles. The molecule has 18 heavy (non-hydrogen) atoms. The second kappa shape index (κ2) is 5.17. The van der Waals surface area contributed by atoms with Crippen LogP contribution in [-0.2, 0) is 13.0 Å². The van der Waals surface area contributed by atoms with Crippen molar-refractivity contribution in [3.05, 3.63) is 52.8 Å². The van der Waals surface area contributed by atoms with Crippen molar-refractivity contribution in [3.8, 4) is 0 Å². The van der Waals surface area contributed by atoms with E-state index in [9.17, 15) is 4.79 Å². The Kier molecular flexibility index (Phi) is 3.60. The number of hydrogen-bond acceptors (Lipinski definition) is 2. The van der Waals surface area contributed by atoms with E-state index >= 15 is 0 Å². The lowest BCUT2D eigenvalue weighted by molar-refractivity contribution is 0.0990. The molecule has 0 atom stereocenters. The van der Waals surface area contributed by atoms with Crippen LogP contribution < -0.4 is 0 Å². The van der Waals surface area contributed by atoms with E-state index < -0.39 is 0 Å². The van der Waals surface area contributed by atoms with E-state index in [1.54, 1.807) is 0 Å². The fourth-order valence-corrected chi connectivity index (χ4v) is 2.02. The van der Waals surface area contributed by atoms with Gasteiger partial charge in [-0.05, 0) is 26.8 Å². The number of carbonyl (C=O) groups is 1. The molecule has 1 aromatic heterocycles. The van der Waals surface area contributed by atoms with Crippen molar-refractivity contribution < 1.29 is 4.79 Å². The van der Waals surface area contributed by atoms with E-state index in [0.29, 0.717) is 6.42 Å². The maximum atomic E-state index is 12.2. The zero-order valence-corrected chi connectivity index (χ0v) is 11.1. The Hall–Kier alpha value is -1.90. The molecule has 1 heterocycles. The predicted molar refractivity (Wildman–Crippen MR) is 71.9 cm³/mol. The van der Waals surface area contributed by atoms with Gasteiger partial charge in [0.05, 0.1) is 12.1 Å². The molecule has 0 unspecified atom stereocenters. The molecule has 2 aromatic rings. The zero-order chi connectivity index (χ0) is 13.1. The molecular weight excluding hydrogens is 224 g/mol. The normalized spacial score (nSPS) is 10.6. The highest BCUT2D eigenvalue weighted by molar-refractivity contribution is 5.97. The first-order chi connectivity index (χ1) is 8.60. The number of Topliss-reactive ketones (excluding diaryl/α,β-unsaturated/α-hetero) is 1. The van der Waals surface area contributed by atoms with Gasteiger partial charge in [-0.3, -0.25) is 9.48 Å². The molecule has 0 saturated heterocycles. The molecule has 0 bridgehead atoms. The molecule has 0 aliphatic rings. The summed E-state index contributed by atoms with van der Waals surface area (Å²) in [7, 11) is 0. The van der Waals surface area contributed by atoms with E-state index in [4.69, 9.17) is 0 Å². The van der Waals surface area contributed by atoms with Gasteiger partial charge < -0.3 is 0 Å². The second-order valence-electron chi connectivity index (χ2n) is 4.56. The van der Waals surface area contributed by atoms with Gasteiger partial charge in [0.25, 0.3) is 0 Å². The van der Waals surface area contributed by atoms with Crippen LogP contribution >= 0.6 is 0 Å². The lowest BCUT2D eigenvalue weighted by Crippen LogP contribution is -2.09. The largest absolute Gasteiger partial charge is 0.294 e. The van der Waals surface area contributed by atoms with Gasteiger partial charge in [-0.1, -0.05) is 29.8 Å². The number of ketones is 1. The number of aryl methyl sites for hydroxylation is 3. The number of carbonyl (C=O) groups excluding carboxylic acids is 1. The minimum Gasteiger partial charge on any atom is -0.294 e. The summed E-state index contributed by atoms with van der Waals surface area (Å²) in [5.41, 5.74) is 3.88. The summed E-state index contributed by atoms with van der Waals surface area (Å²) >= 11 is 0. The predicted octanol–water partition coefficient (Wildman–Crippen LogP) is 2.95. The molecule has 0 aliphatic heterocycles. The van der Waals surface area contributed by atoms with E-state index in [-0.39, 0.29) is 5.78 Å². The Morgan fingerprint density at radius 3 is 2.50 bits per heavy atom. The highest BCUT2D eigenvalue weighted by Crippen LogP contribution is 2.10. The first kappa shape index (κ1) is 12.6. The average Bonchev–Trinajstić information content (AvgIpc) is 2.70. The number of benzene rings is 1. The van der Waals surface area contributed by atoms with E-state index in [0.717, 1.165) is 23.5 Å². The number of rotatable bonds is 4. The monoisotopic (exact) mass is 242 g/mol. The molecule has 0 spiro atoms. The standard InChI is InChI=1S/C15H18N2O/c1-4-17-14(9-12(3)16-17)10-15(18)13-7-5-11(2)6-8-13/h5-9H,4,10H2,1-3H3. The molecule has 0 radical (unpaired) electrons. The van der Waals surface area contributed by atoms with E-state index in [2.05, 4.69) is 5.10 Å². The van der Waals surface area contributed by atoms with Crippen LogP contribution in [0.5, 0.6) is 0 Å². The van der Waals surface area contributed by atoms with Crippen molar-refractivity contribution in [2.24, 2.45) is 0 Å². The maximum absolute atomic E-state index is 12.2. The summed E-state index contributed by atoms with van der Waals surface area (Å²) in [5.74, 6) is 0.143. The van der Waals surface area contributed by atoms with Gasteiger partial charge in [-0.2, -0.15) is 5.10 Å². The molecule has 94 valence electrons. The third-order valence-electron chi connectivity index (χ3n) is 3.00. The van der Waals surface area contributed by atoms with Crippen molar-refractivity contribution in [3.63, 3.8) is 0 Å². The van der Waals surface area contributed by atoms with Crippen molar-refractivity contribution in [2.45, 2.75) is 33.7 Å². The summed E-state index contributed by atoms with van der Waals surface area (Å²) in [6.45, 7) is 6.80. The lowest BCUT2D eigenvalue weighted by atomic mass is 10.0. The van der Waals surface area contributed by atoms with Crippen LogP contribution in [-0.4, -0.2) is 15.6 Å². The fourth-order valence-electron chi connectivity index (χ4n) is 2.02. The summed E-state index contributed by atoms with van der Waals surface area (Å²) in [5, 5.41) is 4.35. The molecule has 3 heteroatoms. The zero-order valence-electron chi connectivity index (χ0n) is 11.1. The van der Waals surface area contributed by atoms with Gasteiger partial charge in [0.2, 0.25) is 0 Å². The van der Waals surface area contributed by atoms with Crippen LogP contribution in [0.1, 0.15) is 34.2 Å². The van der Waals surface area contributed by atoms with Gasteiger partial charge in [-0.15, -0.1) is 0 Å². The molecule has 3 nitrogen and oxygen atoms in total. The average molecular weight is 242 g/mol. The summed E-state index contributed by atoms with van der Waals surface area (Å²) in [6, 6.07) is 9.69. The van der Waals surface area contributed by atoms with Crippen LogP contribution in [0.4, 0.5) is 0 Å². The van der Waals surface area contributed by atoms with Crippen LogP contribution in [0.3, 0.4) is 0 Å². The van der Waals surface area contributed by atoms with Crippen molar-refractivity contribution in [1.82, 2.24) is 9.78 Å². The van der Waals surface area contributed by atoms with E-state index in [1.165, 1.54) is 5.56 Å². The first-order valence-corrected chi connectivity index (χ1v) is 6.23. The van der Waals surface area contributed by atoms with Gasteiger partial charge in [0.1, 0.15) is 0 Å². The second-order valence-corrected chi connectivity index (χ2v) is 4.56. The first-order valence-electron chi connectivity index (χ1n) is 6.23. The molecule has 0 aliphatic carbocycles. The summed E-state index contributed by atoms with van der Waals surface area (Å²) in [4.78, 5) is 12.2. The smallest absolute Gasteiger partial charge is 0.168 e. The summed E-state index contributed by atoms with van der Waals surface area (Å²) < 4.78 is 1.89. The Morgan fingerprint density at radius 2 is 1.89 bits per heavy atom. The van der Waals surface area contributed by atoms with Gasteiger partial charge in [-0.25, -0.2) is 0 Å². The minimum absolute atomic E-state index is 0.143. The molecular formula is C15H18N2O. The Labute approximate surface area is 107 Å². The molecule has 0 N–H and O–H groups in total.